The molecule has 0 aromatic carbocycles. The molecular formula is C20H20FN11O. The Morgan fingerprint density at radius 3 is 2.58 bits per heavy atom. The van der Waals surface area contributed by atoms with Crippen LogP contribution in [0.4, 0.5) is 16.3 Å². The molecule has 0 aliphatic carbocycles. The second kappa shape index (κ2) is 7.78. The summed E-state index contributed by atoms with van der Waals surface area (Å²) in [4.78, 5) is 26.1. The minimum Gasteiger partial charge on any atom is -0.461 e. The van der Waals surface area contributed by atoms with Crippen molar-refractivity contribution < 1.29 is 8.81 Å². The topological polar surface area (TPSA) is 132 Å². The smallest absolute Gasteiger partial charge is 0.225 e. The molecular weight excluding hydrogens is 429 g/mol. The maximum Gasteiger partial charge on any atom is 0.225 e. The second-order valence-electron chi connectivity index (χ2n) is 7.76. The summed E-state index contributed by atoms with van der Waals surface area (Å²) in [5.41, 5.74) is 8.00. The predicted molar refractivity (Wildman–Crippen MR) is 117 cm³/mol. The minimum atomic E-state index is -0.431. The molecule has 13 heteroatoms. The largest absolute Gasteiger partial charge is 0.461 e. The lowest BCUT2D eigenvalue weighted by atomic mass is 10.3. The zero-order chi connectivity index (χ0) is 22.4. The van der Waals surface area contributed by atoms with Gasteiger partial charge in [-0.05, 0) is 12.1 Å². The van der Waals surface area contributed by atoms with Crippen LogP contribution < -0.4 is 10.6 Å². The Balaban J connectivity index is 1.17. The summed E-state index contributed by atoms with van der Waals surface area (Å²) in [6, 6.07) is 3.57. The summed E-state index contributed by atoms with van der Waals surface area (Å²) in [5.74, 6) is 1.34. The fraction of sp³-hybridized carbons (Fsp3) is 0.300. The Kier molecular flexibility index (Phi) is 4.61. The van der Waals surface area contributed by atoms with E-state index in [0.29, 0.717) is 40.9 Å². The number of furan rings is 1. The molecule has 6 heterocycles. The van der Waals surface area contributed by atoms with Crippen molar-refractivity contribution in [3.8, 4) is 11.6 Å². The maximum atomic E-state index is 13.1. The second-order valence-corrected chi connectivity index (χ2v) is 7.76. The minimum absolute atomic E-state index is 0.234. The molecule has 0 atom stereocenters. The van der Waals surface area contributed by atoms with Crippen LogP contribution in [0.15, 0.2) is 41.5 Å². The summed E-state index contributed by atoms with van der Waals surface area (Å²) < 4.78 is 21.9. The van der Waals surface area contributed by atoms with E-state index in [1.165, 1.54) is 16.9 Å². The molecule has 5 aromatic rings. The van der Waals surface area contributed by atoms with Gasteiger partial charge in [0.05, 0.1) is 25.0 Å². The SMILES string of the molecule is Nc1nc2c(ncn2CCN2CCN(c3ncc(F)cn3)CC2)c2nc(-c3ccco3)nn12. The van der Waals surface area contributed by atoms with Gasteiger partial charge in [0, 0.05) is 39.3 Å². The lowest BCUT2D eigenvalue weighted by Gasteiger charge is -2.34. The van der Waals surface area contributed by atoms with Gasteiger partial charge in [0.15, 0.2) is 28.4 Å². The van der Waals surface area contributed by atoms with Crippen LogP contribution in [0.3, 0.4) is 0 Å². The Labute approximate surface area is 186 Å². The van der Waals surface area contributed by atoms with Crippen molar-refractivity contribution in [1.29, 1.82) is 0 Å². The molecule has 168 valence electrons. The third-order valence-corrected chi connectivity index (χ3v) is 5.73. The number of hydrogen-bond donors (Lipinski definition) is 1. The molecule has 1 fully saturated rings. The Bertz CT molecular complexity index is 1400. The number of rotatable bonds is 5. The summed E-state index contributed by atoms with van der Waals surface area (Å²) in [7, 11) is 0. The summed E-state index contributed by atoms with van der Waals surface area (Å²) >= 11 is 0. The Morgan fingerprint density at radius 2 is 1.82 bits per heavy atom. The Hall–Kier alpha value is -4.13. The third-order valence-electron chi connectivity index (χ3n) is 5.73. The van der Waals surface area contributed by atoms with Gasteiger partial charge in [0.25, 0.3) is 0 Å². The van der Waals surface area contributed by atoms with Crippen LogP contribution in [0.2, 0.25) is 0 Å². The van der Waals surface area contributed by atoms with E-state index >= 15 is 0 Å². The molecule has 12 nitrogen and oxygen atoms in total. The molecule has 1 aliphatic heterocycles. The van der Waals surface area contributed by atoms with Crippen molar-refractivity contribution in [3.63, 3.8) is 0 Å². The zero-order valence-corrected chi connectivity index (χ0v) is 17.5. The van der Waals surface area contributed by atoms with Gasteiger partial charge in [-0.15, -0.1) is 5.10 Å². The number of piperazine rings is 1. The first-order chi connectivity index (χ1) is 16.2. The molecule has 0 amide bonds. The van der Waals surface area contributed by atoms with E-state index in [9.17, 15) is 4.39 Å². The first kappa shape index (κ1) is 19.5. The van der Waals surface area contributed by atoms with Gasteiger partial charge in [-0.3, -0.25) is 4.90 Å². The number of nitrogens with two attached hydrogens (primary N) is 1. The van der Waals surface area contributed by atoms with Crippen molar-refractivity contribution in [2.45, 2.75) is 6.54 Å². The average molecular weight is 449 g/mol. The fourth-order valence-corrected chi connectivity index (χ4v) is 3.99. The molecule has 0 saturated carbocycles. The molecule has 0 bridgehead atoms. The summed E-state index contributed by atoms with van der Waals surface area (Å²) in [5, 5.41) is 4.40. The number of halogens is 1. The van der Waals surface area contributed by atoms with Crippen LogP contribution in [0.25, 0.3) is 28.4 Å². The van der Waals surface area contributed by atoms with Crippen LogP contribution in [-0.4, -0.2) is 76.7 Å². The van der Waals surface area contributed by atoms with E-state index < -0.39 is 5.82 Å². The van der Waals surface area contributed by atoms with Crippen molar-refractivity contribution in [1.82, 2.24) is 44.0 Å². The molecule has 5 aromatic heterocycles. The standard InChI is InChI=1S/C20H20FN11O/c21-13-10-23-20(24-11-13)30-6-3-29(4-7-30)5-8-31-12-25-15-17(31)27-19(22)32-18(15)26-16(28-32)14-2-1-9-33-14/h1-2,9-12H,3-8H2,(H2,22,27). The number of nitrogen functional groups attached to an aromatic ring is 1. The van der Waals surface area contributed by atoms with E-state index in [1.54, 1.807) is 24.7 Å². The quantitative estimate of drug-likeness (QED) is 0.415. The molecule has 0 spiro atoms. The van der Waals surface area contributed by atoms with E-state index in [4.69, 9.17) is 10.2 Å². The van der Waals surface area contributed by atoms with Gasteiger partial charge >= 0.3 is 0 Å². The molecule has 6 rings (SSSR count). The lowest BCUT2D eigenvalue weighted by molar-refractivity contribution is 0.248. The first-order valence-corrected chi connectivity index (χ1v) is 10.5. The highest BCUT2D eigenvalue weighted by molar-refractivity contribution is 5.87. The number of aromatic nitrogens is 8. The number of fused-ring (bicyclic) bond motifs is 3. The maximum absolute atomic E-state index is 13.1. The highest BCUT2D eigenvalue weighted by Gasteiger charge is 2.21. The zero-order valence-electron chi connectivity index (χ0n) is 17.5. The highest BCUT2D eigenvalue weighted by Crippen LogP contribution is 2.23. The van der Waals surface area contributed by atoms with Gasteiger partial charge < -0.3 is 19.6 Å². The van der Waals surface area contributed by atoms with Gasteiger partial charge in [-0.2, -0.15) is 9.50 Å². The molecule has 2 N–H and O–H groups in total. The third kappa shape index (κ3) is 3.51. The molecule has 0 unspecified atom stereocenters. The molecule has 33 heavy (non-hydrogen) atoms. The van der Waals surface area contributed by atoms with E-state index in [2.05, 4.69) is 39.8 Å². The van der Waals surface area contributed by atoms with Crippen LogP contribution in [0, 0.1) is 5.82 Å². The summed E-state index contributed by atoms with van der Waals surface area (Å²) in [6.07, 6.45) is 5.71. The number of imidazole rings is 1. The van der Waals surface area contributed by atoms with Gasteiger partial charge in [0.2, 0.25) is 17.7 Å². The molecule has 0 radical (unpaired) electrons. The van der Waals surface area contributed by atoms with Crippen LogP contribution in [0.5, 0.6) is 0 Å². The monoisotopic (exact) mass is 449 g/mol. The predicted octanol–water partition coefficient (Wildman–Crippen LogP) is 1.07. The van der Waals surface area contributed by atoms with Crippen molar-refractivity contribution in [3.05, 3.63) is 42.9 Å². The fourth-order valence-electron chi connectivity index (χ4n) is 3.99. The van der Waals surface area contributed by atoms with E-state index in [0.717, 1.165) is 32.7 Å². The number of anilines is 2. The van der Waals surface area contributed by atoms with Gasteiger partial charge in [-0.1, -0.05) is 0 Å². The van der Waals surface area contributed by atoms with Gasteiger partial charge in [0.1, 0.15) is 0 Å². The van der Waals surface area contributed by atoms with Crippen molar-refractivity contribution in [2.75, 3.05) is 43.4 Å². The molecule has 1 saturated heterocycles. The van der Waals surface area contributed by atoms with E-state index in [1.807, 2.05) is 4.57 Å². The Morgan fingerprint density at radius 1 is 1.00 bits per heavy atom. The summed E-state index contributed by atoms with van der Waals surface area (Å²) in [6.45, 7) is 4.77. The normalized spacial score (nSPS) is 15.1. The van der Waals surface area contributed by atoms with Crippen LogP contribution in [-0.2, 0) is 6.54 Å². The number of hydrogen-bond acceptors (Lipinski definition) is 10. The van der Waals surface area contributed by atoms with Crippen molar-refractivity contribution in [2.24, 2.45) is 0 Å². The van der Waals surface area contributed by atoms with Crippen LogP contribution >= 0.6 is 0 Å². The molecule has 1 aliphatic rings. The van der Waals surface area contributed by atoms with Crippen molar-refractivity contribution >= 4 is 28.7 Å². The van der Waals surface area contributed by atoms with E-state index in [-0.39, 0.29) is 5.95 Å². The average Bonchev–Trinajstić information content (AvgIpc) is 3.58. The lowest BCUT2D eigenvalue weighted by Crippen LogP contribution is -2.47. The first-order valence-electron chi connectivity index (χ1n) is 10.5. The highest BCUT2D eigenvalue weighted by atomic mass is 19.1. The van der Waals surface area contributed by atoms with Crippen LogP contribution in [0.1, 0.15) is 0 Å². The van der Waals surface area contributed by atoms with Gasteiger partial charge in [-0.25, -0.2) is 24.3 Å². The number of nitrogens with zero attached hydrogens (tertiary/aromatic N) is 10.